The highest BCUT2D eigenvalue weighted by atomic mass is 35.5. The minimum Gasteiger partial charge on any atom is -0.394 e. The SMILES string of the molecule is CCC(CO)NC(=O)C(=O)Nc1cc(Cl)c(C)c(Cl)c1. The van der Waals surface area contributed by atoms with E-state index in [2.05, 4.69) is 10.6 Å². The fraction of sp³-hybridized carbons (Fsp3) is 0.385. The number of anilines is 1. The molecule has 1 aromatic carbocycles. The summed E-state index contributed by atoms with van der Waals surface area (Å²) in [6.07, 6.45) is 0.526. The Hall–Kier alpha value is -1.30. The smallest absolute Gasteiger partial charge is 0.313 e. The topological polar surface area (TPSA) is 78.4 Å². The summed E-state index contributed by atoms with van der Waals surface area (Å²) in [5.74, 6) is -1.66. The summed E-state index contributed by atoms with van der Waals surface area (Å²) in [4.78, 5) is 23.3. The second-order valence-electron chi connectivity index (χ2n) is 4.28. The first-order chi connectivity index (χ1) is 9.38. The summed E-state index contributed by atoms with van der Waals surface area (Å²) in [7, 11) is 0. The number of hydrogen-bond acceptors (Lipinski definition) is 3. The maximum Gasteiger partial charge on any atom is 0.313 e. The van der Waals surface area contributed by atoms with Gasteiger partial charge in [0.25, 0.3) is 0 Å². The Labute approximate surface area is 127 Å². The van der Waals surface area contributed by atoms with Gasteiger partial charge < -0.3 is 15.7 Å². The first-order valence-electron chi connectivity index (χ1n) is 6.07. The molecular formula is C13H16Cl2N2O3. The molecule has 0 bridgehead atoms. The van der Waals surface area contributed by atoms with Gasteiger partial charge in [0.05, 0.1) is 12.6 Å². The molecule has 7 heteroatoms. The minimum absolute atomic E-state index is 0.224. The van der Waals surface area contributed by atoms with Gasteiger partial charge in [0.15, 0.2) is 0 Å². The minimum atomic E-state index is -0.840. The molecule has 2 amide bonds. The van der Waals surface area contributed by atoms with Crippen molar-refractivity contribution in [2.45, 2.75) is 26.3 Å². The highest BCUT2D eigenvalue weighted by Gasteiger charge is 2.18. The van der Waals surface area contributed by atoms with Gasteiger partial charge in [-0.25, -0.2) is 0 Å². The van der Waals surface area contributed by atoms with Crippen LogP contribution in [0.1, 0.15) is 18.9 Å². The van der Waals surface area contributed by atoms with Crippen molar-refractivity contribution in [3.8, 4) is 0 Å². The van der Waals surface area contributed by atoms with E-state index in [1.54, 1.807) is 13.8 Å². The second-order valence-corrected chi connectivity index (χ2v) is 5.09. The predicted molar refractivity (Wildman–Crippen MR) is 79.1 cm³/mol. The van der Waals surface area contributed by atoms with Crippen LogP contribution in [0.3, 0.4) is 0 Å². The lowest BCUT2D eigenvalue weighted by molar-refractivity contribution is -0.136. The van der Waals surface area contributed by atoms with Crippen molar-refractivity contribution in [1.29, 1.82) is 0 Å². The Balaban J connectivity index is 2.73. The molecule has 0 fully saturated rings. The molecule has 0 spiro atoms. The van der Waals surface area contributed by atoms with Gasteiger partial charge in [0.1, 0.15) is 0 Å². The van der Waals surface area contributed by atoms with Gasteiger partial charge in [-0.15, -0.1) is 0 Å². The van der Waals surface area contributed by atoms with Crippen LogP contribution in [0.4, 0.5) is 5.69 Å². The van der Waals surface area contributed by atoms with Crippen molar-refractivity contribution in [3.05, 3.63) is 27.7 Å². The molecule has 0 saturated carbocycles. The Bertz CT molecular complexity index is 493. The third-order valence-corrected chi connectivity index (χ3v) is 3.58. The van der Waals surface area contributed by atoms with Crippen molar-refractivity contribution < 1.29 is 14.7 Å². The summed E-state index contributed by atoms with van der Waals surface area (Å²) in [6, 6.07) is 2.58. The summed E-state index contributed by atoms with van der Waals surface area (Å²) < 4.78 is 0. The van der Waals surface area contributed by atoms with E-state index in [4.69, 9.17) is 28.3 Å². The average Bonchev–Trinajstić information content (AvgIpc) is 2.41. The number of carbonyl (C=O) groups is 2. The van der Waals surface area contributed by atoms with E-state index in [-0.39, 0.29) is 6.61 Å². The number of amides is 2. The largest absolute Gasteiger partial charge is 0.394 e. The lowest BCUT2D eigenvalue weighted by atomic mass is 10.2. The molecule has 1 unspecified atom stereocenters. The number of benzene rings is 1. The van der Waals surface area contributed by atoms with Crippen molar-refractivity contribution in [1.82, 2.24) is 5.32 Å². The van der Waals surface area contributed by atoms with Crippen LogP contribution in [0.25, 0.3) is 0 Å². The summed E-state index contributed by atoms with van der Waals surface area (Å²) in [5, 5.41) is 14.6. The Kier molecular flexibility index (Phi) is 6.26. The molecule has 0 aliphatic heterocycles. The second kappa shape index (κ2) is 7.47. The molecule has 20 heavy (non-hydrogen) atoms. The first kappa shape index (κ1) is 16.8. The molecule has 5 nitrogen and oxygen atoms in total. The number of carbonyl (C=O) groups excluding carboxylic acids is 2. The van der Waals surface area contributed by atoms with E-state index in [0.29, 0.717) is 27.7 Å². The number of halogens is 2. The summed E-state index contributed by atoms with van der Waals surface area (Å²) in [6.45, 7) is 3.31. The van der Waals surface area contributed by atoms with E-state index < -0.39 is 17.9 Å². The Morgan fingerprint density at radius 1 is 1.25 bits per heavy atom. The molecule has 0 saturated heterocycles. The van der Waals surface area contributed by atoms with Crippen LogP contribution < -0.4 is 10.6 Å². The zero-order valence-corrected chi connectivity index (χ0v) is 12.7. The van der Waals surface area contributed by atoms with Gasteiger partial charge in [0, 0.05) is 15.7 Å². The molecule has 0 radical (unpaired) electrons. The normalized spacial score (nSPS) is 11.8. The monoisotopic (exact) mass is 318 g/mol. The van der Waals surface area contributed by atoms with E-state index >= 15 is 0 Å². The van der Waals surface area contributed by atoms with E-state index in [1.807, 2.05) is 0 Å². The van der Waals surface area contributed by atoms with Crippen LogP contribution >= 0.6 is 23.2 Å². The van der Waals surface area contributed by atoms with Crippen LogP contribution in [0.15, 0.2) is 12.1 Å². The van der Waals surface area contributed by atoms with Crippen LogP contribution in [0.2, 0.25) is 10.0 Å². The van der Waals surface area contributed by atoms with Crippen LogP contribution in [0, 0.1) is 6.92 Å². The van der Waals surface area contributed by atoms with Gasteiger partial charge >= 0.3 is 11.8 Å². The van der Waals surface area contributed by atoms with Gasteiger partial charge in [-0.3, -0.25) is 9.59 Å². The molecule has 1 aromatic rings. The lowest BCUT2D eigenvalue weighted by Gasteiger charge is -2.14. The first-order valence-corrected chi connectivity index (χ1v) is 6.83. The maximum absolute atomic E-state index is 11.7. The number of hydrogen-bond donors (Lipinski definition) is 3. The zero-order valence-electron chi connectivity index (χ0n) is 11.2. The highest BCUT2D eigenvalue weighted by molar-refractivity contribution is 6.40. The lowest BCUT2D eigenvalue weighted by Crippen LogP contribution is -2.43. The van der Waals surface area contributed by atoms with Gasteiger partial charge in [-0.05, 0) is 31.0 Å². The van der Waals surface area contributed by atoms with Gasteiger partial charge in [-0.2, -0.15) is 0 Å². The average molecular weight is 319 g/mol. The van der Waals surface area contributed by atoms with Crippen LogP contribution in [0.5, 0.6) is 0 Å². The standard InChI is InChI=1S/C13H16Cl2N2O3/c1-3-8(6-18)16-12(19)13(20)17-9-4-10(14)7(2)11(15)5-9/h4-5,8,18H,3,6H2,1-2H3,(H,16,19)(H,17,20). The number of nitrogens with one attached hydrogen (secondary N) is 2. The van der Waals surface area contributed by atoms with E-state index in [9.17, 15) is 9.59 Å². The van der Waals surface area contributed by atoms with Gasteiger partial charge in [-0.1, -0.05) is 30.1 Å². The van der Waals surface area contributed by atoms with Crippen LogP contribution in [-0.4, -0.2) is 29.6 Å². The highest BCUT2D eigenvalue weighted by Crippen LogP contribution is 2.27. The van der Waals surface area contributed by atoms with Crippen molar-refractivity contribution >= 4 is 40.7 Å². The Morgan fingerprint density at radius 3 is 2.25 bits per heavy atom. The molecule has 1 rings (SSSR count). The molecule has 0 aromatic heterocycles. The third-order valence-electron chi connectivity index (χ3n) is 2.79. The number of aliphatic hydroxyl groups is 1. The summed E-state index contributed by atoms with van der Waals surface area (Å²) in [5.41, 5.74) is 1.03. The molecule has 1 atom stereocenters. The predicted octanol–water partition coefficient (Wildman–Crippen LogP) is 2.13. The number of aliphatic hydroxyl groups excluding tert-OH is 1. The van der Waals surface area contributed by atoms with E-state index in [0.717, 1.165) is 0 Å². The molecule has 0 aliphatic rings. The molecule has 0 heterocycles. The van der Waals surface area contributed by atoms with Crippen molar-refractivity contribution in [3.63, 3.8) is 0 Å². The fourth-order valence-electron chi connectivity index (χ4n) is 1.43. The Morgan fingerprint density at radius 2 is 1.80 bits per heavy atom. The maximum atomic E-state index is 11.7. The molecule has 0 aliphatic carbocycles. The van der Waals surface area contributed by atoms with Gasteiger partial charge in [0.2, 0.25) is 0 Å². The zero-order chi connectivity index (χ0) is 15.3. The summed E-state index contributed by atoms with van der Waals surface area (Å²) >= 11 is 11.9. The van der Waals surface area contributed by atoms with Crippen molar-refractivity contribution in [2.75, 3.05) is 11.9 Å². The third kappa shape index (κ3) is 4.37. The number of rotatable bonds is 4. The molecule has 3 N–H and O–H groups in total. The molecule has 110 valence electrons. The molecular weight excluding hydrogens is 303 g/mol. The van der Waals surface area contributed by atoms with Crippen molar-refractivity contribution in [2.24, 2.45) is 0 Å². The van der Waals surface area contributed by atoms with E-state index in [1.165, 1.54) is 12.1 Å². The quantitative estimate of drug-likeness (QED) is 0.744. The fourth-order valence-corrected chi connectivity index (χ4v) is 1.92. The van der Waals surface area contributed by atoms with Crippen LogP contribution in [-0.2, 0) is 9.59 Å².